The molecule has 0 unspecified atom stereocenters. The van der Waals surface area contributed by atoms with Crippen LogP contribution in [0.5, 0.6) is 5.75 Å². The molecule has 1 aromatic carbocycles. The molecule has 6 heteroatoms. The van der Waals surface area contributed by atoms with Gasteiger partial charge in [0.1, 0.15) is 0 Å². The van der Waals surface area contributed by atoms with E-state index in [9.17, 15) is 9.90 Å². The van der Waals surface area contributed by atoms with Crippen LogP contribution in [0, 0.1) is 6.92 Å². The van der Waals surface area contributed by atoms with Gasteiger partial charge in [0.2, 0.25) is 0 Å². The first kappa shape index (κ1) is 20.8. The van der Waals surface area contributed by atoms with Crippen molar-refractivity contribution in [3.05, 3.63) is 50.5 Å². The van der Waals surface area contributed by atoms with E-state index in [4.69, 9.17) is 4.99 Å². The SMILES string of the molecule is Cc1[se]c(-c2c(O)ccc3c2[Si](C(C)C)(C(C)C)C2=CC(=O)C=CC2=N3)cc1Br. The van der Waals surface area contributed by atoms with Gasteiger partial charge in [-0.2, -0.15) is 0 Å². The number of aliphatic imine (C=N–C) groups is 1. The maximum atomic E-state index is 12.4. The van der Waals surface area contributed by atoms with Gasteiger partial charge < -0.3 is 0 Å². The van der Waals surface area contributed by atoms with E-state index in [1.807, 2.05) is 18.2 Å². The van der Waals surface area contributed by atoms with Crippen LogP contribution in [0.3, 0.4) is 0 Å². The summed E-state index contributed by atoms with van der Waals surface area (Å²) < 4.78 is 3.62. The Morgan fingerprint density at radius 3 is 2.41 bits per heavy atom. The Morgan fingerprint density at radius 2 is 1.83 bits per heavy atom. The number of fused-ring (bicyclic) bond motifs is 2. The molecule has 1 aromatic heterocycles. The fourth-order valence-corrected chi connectivity index (χ4v) is 14.4. The number of phenolic OH excluding ortho intramolecular Hbond substituents is 1. The predicted octanol–water partition coefficient (Wildman–Crippen LogP) is 5.35. The van der Waals surface area contributed by atoms with Gasteiger partial charge in [-0.05, 0) is 0 Å². The number of hydrogen-bond donors (Lipinski definition) is 1. The number of carbonyl (C=O) groups excluding carboxylic acids is 1. The number of ketones is 1. The summed E-state index contributed by atoms with van der Waals surface area (Å²) in [7, 11) is -2.42. The molecule has 4 rings (SSSR count). The molecule has 0 saturated carbocycles. The Hall–Kier alpha value is -1.46. The third kappa shape index (κ3) is 3.04. The summed E-state index contributed by atoms with van der Waals surface area (Å²) in [4.78, 5) is 17.4. The molecule has 1 aliphatic heterocycles. The van der Waals surface area contributed by atoms with Crippen LogP contribution in [-0.2, 0) is 4.79 Å². The Bertz CT molecular complexity index is 1100. The average molecular weight is 533 g/mol. The van der Waals surface area contributed by atoms with Crippen molar-refractivity contribution >= 4 is 60.9 Å². The number of aromatic hydroxyl groups is 1. The van der Waals surface area contributed by atoms with Crippen molar-refractivity contribution in [3.8, 4) is 15.8 Å². The zero-order chi connectivity index (χ0) is 21.1. The van der Waals surface area contributed by atoms with Gasteiger partial charge >= 0.3 is 188 Å². The average Bonchev–Trinajstić information content (AvgIpc) is 2.97. The number of rotatable bonds is 3. The number of hydrogen-bond acceptors (Lipinski definition) is 3. The normalized spacial score (nSPS) is 17.3. The van der Waals surface area contributed by atoms with Crippen molar-refractivity contribution in [2.45, 2.75) is 45.7 Å². The summed E-state index contributed by atoms with van der Waals surface area (Å²) in [5.41, 5.74) is 3.53. The number of allylic oxidation sites excluding steroid dienone is 4. The van der Waals surface area contributed by atoms with Crippen molar-refractivity contribution in [3.63, 3.8) is 0 Å². The Balaban J connectivity index is 2.17. The fourth-order valence-electron chi connectivity index (χ4n) is 5.00. The summed E-state index contributed by atoms with van der Waals surface area (Å²) in [6, 6.07) is 5.89. The van der Waals surface area contributed by atoms with E-state index in [1.165, 1.54) is 14.1 Å². The van der Waals surface area contributed by atoms with Crippen molar-refractivity contribution in [2.75, 3.05) is 0 Å². The molecule has 0 atom stereocenters. The van der Waals surface area contributed by atoms with Gasteiger partial charge in [0.15, 0.2) is 0 Å². The minimum absolute atomic E-state index is 0.0341. The van der Waals surface area contributed by atoms with Crippen LogP contribution in [0.2, 0.25) is 11.1 Å². The molecular formula is C23H24BrNO2SeSi. The number of phenols is 1. The third-order valence-electron chi connectivity index (χ3n) is 6.15. The van der Waals surface area contributed by atoms with E-state index in [-0.39, 0.29) is 20.3 Å². The first-order valence-corrected chi connectivity index (χ1v) is 14.5. The molecule has 29 heavy (non-hydrogen) atoms. The fraction of sp³-hybridized carbons (Fsp3) is 0.304. The standard InChI is InChI=1S/C23H24BrNO2SeSi/c1-12(2)29(13(3)4)21-10-15(26)6-7-17(21)25-18-8-9-19(27)22(23(18)29)20-11-16(24)14(5)28-20/h6-13,27H,1-5H3. The minimum atomic E-state index is -2.42. The van der Waals surface area contributed by atoms with Gasteiger partial charge in [0.25, 0.3) is 0 Å². The summed E-state index contributed by atoms with van der Waals surface area (Å²) in [6.07, 6.45) is 5.30. The molecule has 0 amide bonds. The molecular weight excluding hydrogens is 509 g/mol. The Labute approximate surface area is 187 Å². The summed E-state index contributed by atoms with van der Waals surface area (Å²) in [6.45, 7) is 11.2. The van der Waals surface area contributed by atoms with Gasteiger partial charge in [-0.15, -0.1) is 0 Å². The molecule has 0 radical (unpaired) electrons. The Morgan fingerprint density at radius 1 is 1.14 bits per heavy atom. The van der Waals surface area contributed by atoms with E-state index >= 15 is 0 Å². The van der Waals surface area contributed by atoms with Crippen molar-refractivity contribution in [2.24, 2.45) is 4.99 Å². The van der Waals surface area contributed by atoms with Gasteiger partial charge in [-0.1, -0.05) is 0 Å². The molecule has 0 spiro atoms. The van der Waals surface area contributed by atoms with Crippen LogP contribution in [0.4, 0.5) is 5.69 Å². The van der Waals surface area contributed by atoms with Gasteiger partial charge in [-0.25, -0.2) is 0 Å². The van der Waals surface area contributed by atoms with Crippen molar-refractivity contribution in [1.82, 2.24) is 0 Å². The molecule has 1 N–H and O–H groups in total. The summed E-state index contributed by atoms with van der Waals surface area (Å²) in [5.74, 6) is 0.355. The molecule has 2 aliphatic rings. The molecule has 2 heterocycles. The quantitative estimate of drug-likeness (QED) is 0.427. The van der Waals surface area contributed by atoms with Crippen LogP contribution in [0.25, 0.3) is 10.0 Å². The summed E-state index contributed by atoms with van der Waals surface area (Å²) >= 11 is 3.82. The molecule has 1 aliphatic carbocycles. The van der Waals surface area contributed by atoms with E-state index in [2.05, 4.69) is 56.6 Å². The molecule has 150 valence electrons. The van der Waals surface area contributed by atoms with Crippen LogP contribution in [-0.4, -0.2) is 39.2 Å². The number of benzene rings is 1. The van der Waals surface area contributed by atoms with Crippen LogP contribution in [0.15, 0.2) is 51.1 Å². The van der Waals surface area contributed by atoms with Crippen LogP contribution < -0.4 is 5.19 Å². The molecule has 0 fully saturated rings. The van der Waals surface area contributed by atoms with E-state index < -0.39 is 8.07 Å². The van der Waals surface area contributed by atoms with E-state index in [0.717, 1.165) is 26.6 Å². The van der Waals surface area contributed by atoms with E-state index in [0.29, 0.717) is 16.8 Å². The predicted molar refractivity (Wildman–Crippen MR) is 128 cm³/mol. The number of nitrogens with zero attached hydrogens (tertiary/aromatic N) is 1. The second-order valence-corrected chi connectivity index (χ2v) is 16.9. The topological polar surface area (TPSA) is 49.7 Å². The maximum absolute atomic E-state index is 12.4. The summed E-state index contributed by atoms with van der Waals surface area (Å²) in [5, 5.41) is 13.4. The van der Waals surface area contributed by atoms with Crippen LogP contribution >= 0.6 is 15.9 Å². The molecule has 3 nitrogen and oxygen atoms in total. The first-order valence-electron chi connectivity index (χ1n) is 9.83. The molecule has 0 bridgehead atoms. The number of carbonyl (C=O) groups is 1. The zero-order valence-corrected chi connectivity index (χ0v) is 21.5. The monoisotopic (exact) mass is 533 g/mol. The van der Waals surface area contributed by atoms with Crippen LogP contribution in [0.1, 0.15) is 32.1 Å². The Kier molecular flexibility index (Phi) is 5.27. The van der Waals surface area contributed by atoms with Gasteiger partial charge in [0.05, 0.1) is 0 Å². The second kappa shape index (κ2) is 7.35. The number of halogens is 1. The third-order valence-corrected chi connectivity index (χ3v) is 16.1. The molecule has 2 aromatic rings. The second-order valence-electron chi connectivity index (χ2n) is 8.34. The molecule has 0 saturated heterocycles. The van der Waals surface area contributed by atoms with E-state index in [1.54, 1.807) is 12.1 Å². The first-order chi connectivity index (χ1) is 13.7. The van der Waals surface area contributed by atoms with Crippen molar-refractivity contribution in [1.29, 1.82) is 0 Å². The zero-order valence-electron chi connectivity index (χ0n) is 17.2. The number of aryl methyl sites for hydroxylation is 1. The van der Waals surface area contributed by atoms with Gasteiger partial charge in [-0.3, -0.25) is 0 Å². The van der Waals surface area contributed by atoms with Gasteiger partial charge in [0, 0.05) is 0 Å². The van der Waals surface area contributed by atoms with Crippen molar-refractivity contribution < 1.29 is 9.90 Å².